The van der Waals surface area contributed by atoms with Crippen LogP contribution in [0.1, 0.15) is 15.9 Å². The lowest BCUT2D eigenvalue weighted by Gasteiger charge is -2.29. The highest BCUT2D eigenvalue weighted by Gasteiger charge is 2.34. The number of carbonyl (C=O) groups excluding carboxylic acids is 3. The normalized spacial score (nSPS) is 15.7. The van der Waals surface area contributed by atoms with Crippen molar-refractivity contribution in [2.75, 3.05) is 12.0 Å². The zero-order valence-corrected chi connectivity index (χ0v) is 16.5. The molecule has 0 saturated carbocycles. The van der Waals surface area contributed by atoms with E-state index in [1.165, 1.54) is 18.1 Å². The number of methoxy groups -OCH3 is 1. The first-order valence-electron chi connectivity index (χ1n) is 7.76. The fourth-order valence-electron chi connectivity index (χ4n) is 2.48. The second-order valence-corrected chi connectivity index (χ2v) is 6.85. The highest BCUT2D eigenvalue weighted by Crippen LogP contribution is 2.24. The van der Waals surface area contributed by atoms with Crippen LogP contribution >= 0.6 is 28.1 Å². The maximum absolute atomic E-state index is 12.9. The topological polar surface area (TPSA) is 75.7 Å². The van der Waals surface area contributed by atoms with Crippen LogP contribution in [0.2, 0.25) is 0 Å². The Morgan fingerprint density at radius 1 is 1.11 bits per heavy atom. The van der Waals surface area contributed by atoms with Crippen molar-refractivity contribution in [1.82, 2.24) is 5.32 Å². The second kappa shape index (κ2) is 7.81. The molecule has 1 N–H and O–H groups in total. The van der Waals surface area contributed by atoms with Gasteiger partial charge in [0, 0.05) is 4.47 Å². The van der Waals surface area contributed by atoms with Gasteiger partial charge in [-0.25, -0.2) is 4.79 Å². The smallest absolute Gasteiger partial charge is 0.337 e. The molecule has 2 aromatic carbocycles. The van der Waals surface area contributed by atoms with E-state index in [4.69, 9.17) is 12.2 Å². The standard InChI is InChI=1S/C19H13BrN2O4S/c1-26-18(25)12-4-2-11(3-5-12)10-15-16(23)21-19(27)22(17(15)24)14-8-6-13(20)7-9-14/h2-10H,1H3,(H,21,23,27)/b15-10+. The number of rotatable bonds is 3. The summed E-state index contributed by atoms with van der Waals surface area (Å²) >= 11 is 8.49. The van der Waals surface area contributed by atoms with Crippen molar-refractivity contribution in [3.8, 4) is 0 Å². The number of amides is 2. The zero-order valence-electron chi connectivity index (χ0n) is 14.1. The van der Waals surface area contributed by atoms with Gasteiger partial charge in [0.15, 0.2) is 5.11 Å². The van der Waals surface area contributed by atoms with Gasteiger partial charge in [0.05, 0.1) is 18.4 Å². The molecular weight excluding hydrogens is 432 g/mol. The molecule has 136 valence electrons. The van der Waals surface area contributed by atoms with Crippen LogP contribution in [0.25, 0.3) is 6.08 Å². The van der Waals surface area contributed by atoms with Crippen molar-refractivity contribution in [3.05, 3.63) is 69.7 Å². The Labute approximate surface area is 168 Å². The molecule has 1 aliphatic heterocycles. The first-order chi connectivity index (χ1) is 12.9. The van der Waals surface area contributed by atoms with E-state index in [1.54, 1.807) is 48.5 Å². The summed E-state index contributed by atoms with van der Waals surface area (Å²) in [7, 11) is 1.29. The number of thiocarbonyl (C=S) groups is 1. The van der Waals surface area contributed by atoms with E-state index in [1.807, 2.05) is 0 Å². The summed E-state index contributed by atoms with van der Waals surface area (Å²) < 4.78 is 5.50. The summed E-state index contributed by atoms with van der Waals surface area (Å²) in [4.78, 5) is 37.9. The molecule has 1 saturated heterocycles. The van der Waals surface area contributed by atoms with Gasteiger partial charge >= 0.3 is 5.97 Å². The number of carbonyl (C=O) groups is 3. The van der Waals surface area contributed by atoms with Crippen LogP contribution in [0.3, 0.4) is 0 Å². The third kappa shape index (κ3) is 3.96. The molecule has 0 atom stereocenters. The first kappa shape index (κ1) is 18.9. The van der Waals surface area contributed by atoms with Gasteiger partial charge in [-0.05, 0) is 60.3 Å². The fourth-order valence-corrected chi connectivity index (χ4v) is 3.03. The molecule has 1 fully saturated rings. The van der Waals surface area contributed by atoms with E-state index < -0.39 is 17.8 Å². The van der Waals surface area contributed by atoms with E-state index in [0.29, 0.717) is 16.8 Å². The quantitative estimate of drug-likeness (QED) is 0.340. The molecule has 0 aliphatic carbocycles. The Balaban J connectivity index is 1.94. The number of hydrogen-bond acceptors (Lipinski definition) is 5. The Hall–Kier alpha value is -2.84. The molecule has 27 heavy (non-hydrogen) atoms. The Morgan fingerprint density at radius 2 is 1.74 bits per heavy atom. The lowest BCUT2D eigenvalue weighted by Crippen LogP contribution is -2.54. The third-order valence-corrected chi connectivity index (χ3v) is 4.64. The highest BCUT2D eigenvalue weighted by molar-refractivity contribution is 9.10. The zero-order chi connectivity index (χ0) is 19.6. The average molecular weight is 445 g/mol. The minimum Gasteiger partial charge on any atom is -0.465 e. The minimum atomic E-state index is -0.574. The van der Waals surface area contributed by atoms with Gasteiger partial charge in [-0.3, -0.25) is 19.8 Å². The van der Waals surface area contributed by atoms with Gasteiger partial charge in [-0.1, -0.05) is 28.1 Å². The van der Waals surface area contributed by atoms with E-state index in [-0.39, 0.29) is 10.7 Å². The van der Waals surface area contributed by atoms with Crippen LogP contribution in [0.5, 0.6) is 0 Å². The molecule has 2 aromatic rings. The molecule has 6 nitrogen and oxygen atoms in total. The molecule has 0 spiro atoms. The van der Waals surface area contributed by atoms with Crippen molar-refractivity contribution in [1.29, 1.82) is 0 Å². The Kier molecular flexibility index (Phi) is 5.48. The van der Waals surface area contributed by atoms with E-state index in [0.717, 1.165) is 4.47 Å². The highest BCUT2D eigenvalue weighted by atomic mass is 79.9. The summed E-state index contributed by atoms with van der Waals surface area (Å²) in [5.74, 6) is -1.56. The van der Waals surface area contributed by atoms with Crippen molar-refractivity contribution >= 4 is 62.8 Å². The number of hydrogen-bond donors (Lipinski definition) is 1. The number of anilines is 1. The van der Waals surface area contributed by atoms with Gasteiger partial charge in [0.1, 0.15) is 5.57 Å². The van der Waals surface area contributed by atoms with Crippen molar-refractivity contribution < 1.29 is 19.1 Å². The van der Waals surface area contributed by atoms with E-state index in [2.05, 4.69) is 26.0 Å². The van der Waals surface area contributed by atoms with Crippen molar-refractivity contribution in [2.45, 2.75) is 0 Å². The average Bonchev–Trinajstić information content (AvgIpc) is 2.66. The molecular formula is C19H13BrN2O4S. The molecule has 0 aromatic heterocycles. The molecule has 0 unspecified atom stereocenters. The van der Waals surface area contributed by atoms with Gasteiger partial charge in [0.2, 0.25) is 0 Å². The third-order valence-electron chi connectivity index (χ3n) is 3.83. The monoisotopic (exact) mass is 444 g/mol. The van der Waals surface area contributed by atoms with Gasteiger partial charge in [-0.2, -0.15) is 0 Å². The SMILES string of the molecule is COC(=O)c1ccc(/C=C2\C(=O)NC(=S)N(c3ccc(Br)cc3)C2=O)cc1. The van der Waals surface area contributed by atoms with Crippen molar-refractivity contribution in [2.24, 2.45) is 0 Å². The number of ether oxygens (including phenoxy) is 1. The van der Waals surface area contributed by atoms with Crippen molar-refractivity contribution in [3.63, 3.8) is 0 Å². The molecule has 8 heteroatoms. The van der Waals surface area contributed by atoms with Crippen LogP contribution < -0.4 is 10.2 Å². The van der Waals surface area contributed by atoms with Gasteiger partial charge in [0.25, 0.3) is 11.8 Å². The summed E-state index contributed by atoms with van der Waals surface area (Å²) in [5, 5.41) is 2.54. The lowest BCUT2D eigenvalue weighted by atomic mass is 10.1. The summed E-state index contributed by atoms with van der Waals surface area (Å²) in [5.41, 5.74) is 1.44. The predicted octanol–water partition coefficient (Wildman–Crippen LogP) is 3.07. The fraction of sp³-hybridized carbons (Fsp3) is 0.0526. The van der Waals surface area contributed by atoms with E-state index in [9.17, 15) is 14.4 Å². The van der Waals surface area contributed by atoms with Crippen LogP contribution in [0.15, 0.2) is 58.6 Å². The molecule has 0 radical (unpaired) electrons. The number of nitrogens with zero attached hydrogens (tertiary/aromatic N) is 1. The van der Waals surface area contributed by atoms with Crippen LogP contribution in [-0.4, -0.2) is 30.0 Å². The molecule has 1 heterocycles. The van der Waals surface area contributed by atoms with Crippen LogP contribution in [-0.2, 0) is 14.3 Å². The first-order valence-corrected chi connectivity index (χ1v) is 8.96. The maximum atomic E-state index is 12.9. The molecule has 2 amide bonds. The van der Waals surface area contributed by atoms with Gasteiger partial charge in [-0.15, -0.1) is 0 Å². The molecule has 3 rings (SSSR count). The van der Waals surface area contributed by atoms with Crippen LogP contribution in [0, 0.1) is 0 Å². The minimum absolute atomic E-state index is 0.0190. The summed E-state index contributed by atoms with van der Waals surface area (Å²) in [6, 6.07) is 13.3. The summed E-state index contributed by atoms with van der Waals surface area (Å²) in [6.45, 7) is 0. The Morgan fingerprint density at radius 3 is 2.33 bits per heavy atom. The maximum Gasteiger partial charge on any atom is 0.337 e. The predicted molar refractivity (Wildman–Crippen MR) is 108 cm³/mol. The summed E-state index contributed by atoms with van der Waals surface area (Å²) in [6.07, 6.45) is 1.45. The van der Waals surface area contributed by atoms with Crippen LogP contribution in [0.4, 0.5) is 5.69 Å². The number of esters is 1. The largest absolute Gasteiger partial charge is 0.465 e. The van der Waals surface area contributed by atoms with Gasteiger partial charge < -0.3 is 4.74 Å². The number of benzene rings is 2. The lowest BCUT2D eigenvalue weighted by molar-refractivity contribution is -0.122. The number of nitrogens with one attached hydrogen (secondary N) is 1. The molecule has 1 aliphatic rings. The second-order valence-electron chi connectivity index (χ2n) is 5.55. The Bertz CT molecular complexity index is 968. The van der Waals surface area contributed by atoms with E-state index >= 15 is 0 Å². The molecule has 0 bridgehead atoms. The number of halogens is 1.